The third-order valence-corrected chi connectivity index (χ3v) is 5.64. The minimum Gasteiger partial charge on any atom is -0.359 e. The maximum atomic E-state index is 13.4. The Kier molecular flexibility index (Phi) is 5.39. The number of nitrogens with zero attached hydrogens (tertiary/aromatic N) is 4. The number of nitro benzene ring substituents is 1. The summed E-state index contributed by atoms with van der Waals surface area (Å²) in [6.07, 6.45) is 0.937. The Morgan fingerprint density at radius 2 is 1.79 bits per heavy atom. The number of rotatable bonds is 4. The fourth-order valence-corrected chi connectivity index (χ4v) is 3.95. The highest BCUT2D eigenvalue weighted by molar-refractivity contribution is 6.32. The van der Waals surface area contributed by atoms with E-state index < -0.39 is 22.5 Å². The quantitative estimate of drug-likeness (QED) is 0.320. The molecule has 1 atom stereocenters. The maximum absolute atomic E-state index is 13.4. The molecule has 0 unspecified atom stereocenters. The second-order valence-corrected chi connectivity index (χ2v) is 7.95. The number of hydrogen-bond acceptors (Lipinski definition) is 6. The standard InChI is InChI=1S/C24H15ClFN5O3/c25-19(13-14-5-11-17(12-6-14)31(33)34)23-27-20-4-2-1-3-18(20)22-28-24(32)21(29-30(22)23)15-7-9-16(26)10-8-15/h1-13,23,27H/b19-13-/t23-/m0/s1. The zero-order valence-corrected chi connectivity index (χ0v) is 18.1. The van der Waals surface area contributed by atoms with Gasteiger partial charge in [0, 0.05) is 28.9 Å². The van der Waals surface area contributed by atoms with Gasteiger partial charge in [0.05, 0.1) is 9.96 Å². The number of para-hydroxylation sites is 1. The van der Waals surface area contributed by atoms with Crippen molar-refractivity contribution in [3.05, 3.63) is 110 Å². The average Bonchev–Trinajstić information content (AvgIpc) is 2.84. The molecule has 34 heavy (non-hydrogen) atoms. The highest BCUT2D eigenvalue weighted by Gasteiger charge is 2.28. The third kappa shape index (κ3) is 3.93. The van der Waals surface area contributed by atoms with E-state index >= 15 is 0 Å². The van der Waals surface area contributed by atoms with E-state index in [0.717, 1.165) is 0 Å². The molecule has 3 aromatic carbocycles. The van der Waals surface area contributed by atoms with Crippen LogP contribution in [-0.2, 0) is 0 Å². The topological polar surface area (TPSA) is 103 Å². The highest BCUT2D eigenvalue weighted by Crippen LogP contribution is 2.38. The number of non-ortho nitro benzene ring substituents is 1. The van der Waals surface area contributed by atoms with Crippen LogP contribution in [-0.4, -0.2) is 19.7 Å². The van der Waals surface area contributed by atoms with Gasteiger partial charge in [-0.25, -0.2) is 9.07 Å². The Balaban J connectivity index is 1.63. The van der Waals surface area contributed by atoms with Crippen LogP contribution in [0.25, 0.3) is 28.7 Å². The molecular formula is C24H15ClFN5O3. The molecule has 0 radical (unpaired) electrons. The van der Waals surface area contributed by atoms with Crippen LogP contribution in [0, 0.1) is 15.9 Å². The molecule has 1 N–H and O–H groups in total. The van der Waals surface area contributed by atoms with E-state index in [-0.39, 0.29) is 11.4 Å². The minimum absolute atomic E-state index is 0.0320. The van der Waals surface area contributed by atoms with Crippen molar-refractivity contribution in [1.82, 2.24) is 14.8 Å². The number of benzene rings is 3. The van der Waals surface area contributed by atoms with E-state index in [1.807, 2.05) is 24.3 Å². The monoisotopic (exact) mass is 475 g/mol. The fraction of sp³-hybridized carbons (Fsp3) is 0.0417. The van der Waals surface area contributed by atoms with E-state index in [9.17, 15) is 19.3 Å². The van der Waals surface area contributed by atoms with Crippen LogP contribution in [0.15, 0.2) is 82.6 Å². The first kappa shape index (κ1) is 21.5. The molecular weight excluding hydrogens is 461 g/mol. The van der Waals surface area contributed by atoms with Gasteiger partial charge in [0.2, 0.25) is 0 Å². The van der Waals surface area contributed by atoms with E-state index in [2.05, 4.69) is 15.4 Å². The van der Waals surface area contributed by atoms with Crippen molar-refractivity contribution in [2.75, 3.05) is 5.32 Å². The minimum atomic E-state index is -0.714. The molecule has 8 nitrogen and oxygen atoms in total. The largest absolute Gasteiger partial charge is 0.359 e. The van der Waals surface area contributed by atoms with Crippen LogP contribution in [0.4, 0.5) is 15.8 Å². The van der Waals surface area contributed by atoms with Gasteiger partial charge in [-0.3, -0.25) is 14.9 Å². The summed E-state index contributed by atoms with van der Waals surface area (Å²) < 4.78 is 14.9. The van der Waals surface area contributed by atoms with Crippen molar-refractivity contribution in [1.29, 1.82) is 0 Å². The lowest BCUT2D eigenvalue weighted by Gasteiger charge is -2.30. The van der Waals surface area contributed by atoms with Gasteiger partial charge in [-0.2, -0.15) is 10.1 Å². The average molecular weight is 476 g/mol. The number of nitrogens with one attached hydrogen (secondary N) is 1. The van der Waals surface area contributed by atoms with Gasteiger partial charge < -0.3 is 5.32 Å². The van der Waals surface area contributed by atoms with Crippen molar-refractivity contribution < 1.29 is 9.31 Å². The van der Waals surface area contributed by atoms with Crippen molar-refractivity contribution >= 4 is 29.1 Å². The molecule has 0 saturated carbocycles. The van der Waals surface area contributed by atoms with Crippen molar-refractivity contribution in [3.63, 3.8) is 0 Å². The number of hydrogen-bond donors (Lipinski definition) is 1. The molecule has 1 aliphatic heterocycles. The number of fused-ring (bicyclic) bond motifs is 3. The normalized spacial score (nSPS) is 14.6. The summed E-state index contributed by atoms with van der Waals surface area (Å²) in [4.78, 5) is 27.6. The molecule has 1 aromatic heterocycles. The predicted octanol–water partition coefficient (Wildman–Crippen LogP) is 5.22. The van der Waals surface area contributed by atoms with Crippen LogP contribution in [0.2, 0.25) is 0 Å². The van der Waals surface area contributed by atoms with Gasteiger partial charge >= 0.3 is 0 Å². The lowest BCUT2D eigenvalue weighted by molar-refractivity contribution is -0.384. The summed E-state index contributed by atoms with van der Waals surface area (Å²) in [5.74, 6) is -0.109. The Hall–Kier alpha value is -4.37. The number of anilines is 1. The van der Waals surface area contributed by atoms with Crippen LogP contribution in [0.3, 0.4) is 0 Å². The molecule has 0 bridgehead atoms. The molecule has 0 fully saturated rings. The lowest BCUT2D eigenvalue weighted by atomic mass is 10.1. The van der Waals surface area contributed by atoms with Gasteiger partial charge in [-0.1, -0.05) is 23.7 Å². The summed E-state index contributed by atoms with van der Waals surface area (Å²) in [5.41, 5.74) is 1.92. The zero-order chi connectivity index (χ0) is 23.8. The van der Waals surface area contributed by atoms with Crippen LogP contribution in [0.5, 0.6) is 0 Å². The Morgan fingerprint density at radius 1 is 1.09 bits per heavy atom. The summed E-state index contributed by atoms with van der Waals surface area (Å²) in [5, 5.41) is 19.1. The van der Waals surface area contributed by atoms with Gasteiger partial charge in [0.15, 0.2) is 17.7 Å². The first-order valence-electron chi connectivity index (χ1n) is 10.1. The van der Waals surface area contributed by atoms with Crippen molar-refractivity contribution in [3.8, 4) is 22.6 Å². The Labute approximate surface area is 197 Å². The van der Waals surface area contributed by atoms with Crippen LogP contribution < -0.4 is 10.9 Å². The number of halogens is 2. The first-order valence-corrected chi connectivity index (χ1v) is 10.5. The number of aromatic nitrogens is 3. The predicted molar refractivity (Wildman–Crippen MR) is 127 cm³/mol. The third-order valence-electron chi connectivity index (χ3n) is 5.33. The van der Waals surface area contributed by atoms with Gasteiger partial charge in [0.1, 0.15) is 5.82 Å². The second kappa shape index (κ2) is 8.53. The summed E-state index contributed by atoms with van der Waals surface area (Å²) in [6.45, 7) is 0. The molecule has 5 rings (SSSR count). The first-order chi connectivity index (χ1) is 16.4. The molecule has 0 amide bonds. The van der Waals surface area contributed by atoms with E-state index in [4.69, 9.17) is 11.6 Å². The van der Waals surface area contributed by atoms with E-state index in [0.29, 0.717) is 33.2 Å². The summed E-state index contributed by atoms with van der Waals surface area (Å²) in [6, 6.07) is 18.6. The zero-order valence-electron chi connectivity index (χ0n) is 17.4. The molecule has 1 aliphatic rings. The second-order valence-electron chi connectivity index (χ2n) is 7.51. The van der Waals surface area contributed by atoms with E-state index in [1.54, 1.807) is 18.2 Å². The molecule has 0 aliphatic carbocycles. The van der Waals surface area contributed by atoms with Gasteiger partial charge in [-0.05, 0) is 60.2 Å². The Morgan fingerprint density at radius 3 is 2.50 bits per heavy atom. The fourth-order valence-electron chi connectivity index (χ4n) is 3.68. The van der Waals surface area contributed by atoms with Gasteiger partial charge in [-0.15, -0.1) is 0 Å². The van der Waals surface area contributed by atoms with Crippen LogP contribution in [0.1, 0.15) is 11.7 Å². The molecule has 4 aromatic rings. The smallest absolute Gasteiger partial charge is 0.300 e. The summed E-state index contributed by atoms with van der Waals surface area (Å²) in [7, 11) is 0. The summed E-state index contributed by atoms with van der Waals surface area (Å²) >= 11 is 6.70. The molecule has 0 spiro atoms. The van der Waals surface area contributed by atoms with Crippen molar-refractivity contribution in [2.24, 2.45) is 0 Å². The molecule has 0 saturated heterocycles. The SMILES string of the molecule is O=c1nc2n(nc1-c1ccc(F)cc1)[C@@H](/C(Cl)=C/c1ccc([N+](=O)[O-])cc1)Nc1ccccc1-2. The number of nitro groups is 1. The Bertz CT molecular complexity index is 1500. The lowest BCUT2D eigenvalue weighted by Crippen LogP contribution is -2.31. The molecule has 2 heterocycles. The van der Waals surface area contributed by atoms with E-state index in [1.165, 1.54) is 41.1 Å². The van der Waals surface area contributed by atoms with Crippen LogP contribution >= 0.6 is 11.6 Å². The van der Waals surface area contributed by atoms with Gasteiger partial charge in [0.25, 0.3) is 11.2 Å². The maximum Gasteiger partial charge on any atom is 0.300 e. The molecule has 10 heteroatoms. The molecule has 168 valence electrons. The van der Waals surface area contributed by atoms with Crippen molar-refractivity contribution in [2.45, 2.75) is 6.17 Å². The highest BCUT2D eigenvalue weighted by atomic mass is 35.5.